The first-order valence-corrected chi connectivity index (χ1v) is 10.3. The zero-order valence-corrected chi connectivity index (χ0v) is 17.9. The smallest absolute Gasteiger partial charge is 0.407 e. The highest BCUT2D eigenvalue weighted by molar-refractivity contribution is 5.83. The molecule has 2 aromatic carbocycles. The largest absolute Gasteiger partial charge is 0.467 e. The first kappa shape index (κ1) is 21.8. The summed E-state index contributed by atoms with van der Waals surface area (Å²) >= 11 is 0. The number of amides is 2. The summed E-state index contributed by atoms with van der Waals surface area (Å²) in [6.07, 6.45) is -1.70. The highest BCUT2D eigenvalue weighted by Gasteiger charge is 2.37. The van der Waals surface area contributed by atoms with Crippen LogP contribution in [0.2, 0.25) is 0 Å². The maximum Gasteiger partial charge on any atom is 0.407 e. The lowest BCUT2D eigenvalue weighted by atomic mass is 9.98. The van der Waals surface area contributed by atoms with Gasteiger partial charge in [-0.05, 0) is 22.3 Å². The second-order valence-electron chi connectivity index (χ2n) is 7.66. The molecule has 2 aromatic rings. The highest BCUT2D eigenvalue weighted by atomic mass is 16.7. The minimum Gasteiger partial charge on any atom is -0.467 e. The molecule has 0 spiro atoms. The van der Waals surface area contributed by atoms with Gasteiger partial charge >= 0.3 is 12.1 Å². The summed E-state index contributed by atoms with van der Waals surface area (Å²) in [6, 6.07) is 16.1. The van der Waals surface area contributed by atoms with Crippen molar-refractivity contribution in [2.45, 2.75) is 24.6 Å². The zero-order valence-electron chi connectivity index (χ0n) is 17.9. The van der Waals surface area contributed by atoms with Crippen molar-refractivity contribution < 1.29 is 28.7 Å². The average Bonchev–Trinajstić information content (AvgIpc) is 3.33. The summed E-state index contributed by atoms with van der Waals surface area (Å²) < 4.78 is 10.1. The van der Waals surface area contributed by atoms with Crippen LogP contribution in [0, 0.1) is 0 Å². The Kier molecular flexibility index (Phi) is 6.38. The van der Waals surface area contributed by atoms with E-state index in [4.69, 9.17) is 9.57 Å². The predicted molar refractivity (Wildman–Crippen MR) is 114 cm³/mol. The van der Waals surface area contributed by atoms with E-state index in [1.54, 1.807) is 7.05 Å². The molecule has 168 valence electrons. The Labute approximate surface area is 185 Å². The Morgan fingerprint density at radius 3 is 2.31 bits per heavy atom. The van der Waals surface area contributed by atoms with Gasteiger partial charge in [0.1, 0.15) is 19.3 Å². The number of alkyl carbamates (subject to hydrolysis) is 1. The Bertz CT molecular complexity index is 981. The first-order chi connectivity index (χ1) is 15.5. The number of rotatable bonds is 6. The second-order valence-corrected chi connectivity index (χ2v) is 7.66. The number of hydrogen-bond acceptors (Lipinski definition) is 7. The van der Waals surface area contributed by atoms with Crippen LogP contribution in [-0.4, -0.2) is 62.6 Å². The number of ether oxygens (including phenoxy) is 2. The van der Waals surface area contributed by atoms with Gasteiger partial charge in [0.2, 0.25) is 5.91 Å². The Hall–Kier alpha value is -3.43. The van der Waals surface area contributed by atoms with Crippen LogP contribution in [0.3, 0.4) is 0 Å². The van der Waals surface area contributed by atoms with Crippen molar-refractivity contribution in [3.8, 4) is 11.1 Å². The molecule has 2 N–H and O–H groups in total. The number of methoxy groups -OCH3 is 1. The standard InChI is InChI=1S/C23H25N3O6/c1-26-20(11-19(32-26)22(28)30-2)25-21(27)12-24-23(29)31-13-18-16-9-5-3-7-14(16)15-8-4-6-10-17(15)18/h3-10,18-20H,11-13H2,1-2H3,(H,24,29)(H,25,27)/t19-,20-/m1/s1. The van der Waals surface area contributed by atoms with E-state index in [0.29, 0.717) is 0 Å². The van der Waals surface area contributed by atoms with Gasteiger partial charge < -0.3 is 20.1 Å². The molecule has 9 nitrogen and oxygen atoms in total. The molecule has 1 saturated heterocycles. The lowest BCUT2D eigenvalue weighted by Gasteiger charge is -2.19. The number of hydroxylamine groups is 2. The molecule has 4 rings (SSSR count). The van der Waals surface area contributed by atoms with Crippen molar-refractivity contribution in [2.75, 3.05) is 27.3 Å². The molecule has 0 unspecified atom stereocenters. The molecule has 2 amide bonds. The van der Waals surface area contributed by atoms with Crippen LogP contribution in [-0.2, 0) is 23.9 Å². The second kappa shape index (κ2) is 9.37. The lowest BCUT2D eigenvalue weighted by molar-refractivity contribution is -0.180. The van der Waals surface area contributed by atoms with Crippen LogP contribution in [0.1, 0.15) is 23.5 Å². The van der Waals surface area contributed by atoms with E-state index < -0.39 is 30.2 Å². The van der Waals surface area contributed by atoms with Gasteiger partial charge in [-0.25, -0.2) is 9.59 Å². The summed E-state index contributed by atoms with van der Waals surface area (Å²) in [6.45, 7) is -0.0919. The summed E-state index contributed by atoms with van der Waals surface area (Å²) in [5.41, 5.74) is 4.52. The molecular weight excluding hydrogens is 414 g/mol. The number of nitrogens with zero attached hydrogens (tertiary/aromatic N) is 1. The summed E-state index contributed by atoms with van der Waals surface area (Å²) in [5, 5.41) is 6.55. The number of fused-ring (bicyclic) bond motifs is 3. The number of carbonyl (C=O) groups excluding carboxylic acids is 3. The molecule has 2 atom stereocenters. The average molecular weight is 439 g/mol. The van der Waals surface area contributed by atoms with Gasteiger partial charge in [-0.15, -0.1) is 0 Å². The van der Waals surface area contributed by atoms with Crippen LogP contribution in [0.15, 0.2) is 48.5 Å². The summed E-state index contributed by atoms with van der Waals surface area (Å²) in [5.74, 6) is -0.989. The molecule has 0 aromatic heterocycles. The molecule has 0 bridgehead atoms. The number of hydrogen-bond donors (Lipinski definition) is 2. The maximum absolute atomic E-state index is 12.2. The van der Waals surface area contributed by atoms with Crippen molar-refractivity contribution in [3.05, 3.63) is 59.7 Å². The number of esters is 1. The SMILES string of the molecule is COC(=O)[C@H]1C[C@H](NC(=O)CNC(=O)OCC2c3ccccc3-c3ccccc32)N(C)O1. The van der Waals surface area contributed by atoms with Crippen molar-refractivity contribution in [3.63, 3.8) is 0 Å². The minimum atomic E-state index is -0.773. The molecule has 9 heteroatoms. The highest BCUT2D eigenvalue weighted by Crippen LogP contribution is 2.44. The number of benzene rings is 2. The van der Waals surface area contributed by atoms with Gasteiger partial charge in [-0.2, -0.15) is 5.06 Å². The predicted octanol–water partition coefficient (Wildman–Crippen LogP) is 1.78. The fourth-order valence-electron chi connectivity index (χ4n) is 4.13. The van der Waals surface area contributed by atoms with Gasteiger partial charge in [0.25, 0.3) is 0 Å². The third-order valence-electron chi connectivity index (χ3n) is 5.70. The van der Waals surface area contributed by atoms with Gasteiger partial charge in [-0.1, -0.05) is 48.5 Å². The van der Waals surface area contributed by atoms with E-state index >= 15 is 0 Å². The van der Waals surface area contributed by atoms with Crippen molar-refractivity contribution in [2.24, 2.45) is 0 Å². The Morgan fingerprint density at radius 1 is 1.06 bits per heavy atom. The van der Waals surface area contributed by atoms with Gasteiger partial charge in [0.15, 0.2) is 6.10 Å². The first-order valence-electron chi connectivity index (χ1n) is 10.3. The van der Waals surface area contributed by atoms with E-state index in [2.05, 4.69) is 27.5 Å². The third-order valence-corrected chi connectivity index (χ3v) is 5.70. The molecular formula is C23H25N3O6. The zero-order chi connectivity index (χ0) is 22.7. The van der Waals surface area contributed by atoms with Crippen molar-refractivity contribution in [1.29, 1.82) is 0 Å². The van der Waals surface area contributed by atoms with Gasteiger partial charge in [0.05, 0.1) is 7.11 Å². The molecule has 2 aliphatic rings. The van der Waals surface area contributed by atoms with Gasteiger partial charge in [-0.3, -0.25) is 9.63 Å². The Morgan fingerprint density at radius 2 is 1.69 bits per heavy atom. The van der Waals surface area contributed by atoms with E-state index in [9.17, 15) is 14.4 Å². The van der Waals surface area contributed by atoms with Gasteiger partial charge in [0, 0.05) is 19.4 Å². The molecule has 1 aliphatic heterocycles. The van der Waals surface area contributed by atoms with E-state index in [1.807, 2.05) is 36.4 Å². The molecule has 1 aliphatic carbocycles. The number of carbonyl (C=O) groups is 3. The molecule has 1 fully saturated rings. The lowest BCUT2D eigenvalue weighted by Crippen LogP contribution is -2.46. The molecule has 0 radical (unpaired) electrons. The van der Waals surface area contributed by atoms with E-state index in [-0.39, 0.29) is 25.5 Å². The molecule has 32 heavy (non-hydrogen) atoms. The topological polar surface area (TPSA) is 106 Å². The van der Waals surface area contributed by atoms with E-state index in [1.165, 1.54) is 12.2 Å². The Balaban J connectivity index is 1.26. The maximum atomic E-state index is 12.2. The fourth-order valence-corrected chi connectivity index (χ4v) is 4.13. The van der Waals surface area contributed by atoms with Crippen LogP contribution in [0.5, 0.6) is 0 Å². The van der Waals surface area contributed by atoms with Crippen LogP contribution < -0.4 is 10.6 Å². The van der Waals surface area contributed by atoms with Crippen LogP contribution >= 0.6 is 0 Å². The molecule has 0 saturated carbocycles. The minimum absolute atomic E-state index is 0.0541. The monoisotopic (exact) mass is 439 g/mol. The van der Waals surface area contributed by atoms with Crippen LogP contribution in [0.4, 0.5) is 4.79 Å². The third kappa shape index (κ3) is 4.44. The summed E-state index contributed by atoms with van der Waals surface area (Å²) in [4.78, 5) is 41.3. The van der Waals surface area contributed by atoms with E-state index in [0.717, 1.165) is 22.3 Å². The summed E-state index contributed by atoms with van der Waals surface area (Å²) in [7, 11) is 2.88. The molecule has 1 heterocycles. The van der Waals surface area contributed by atoms with Crippen molar-refractivity contribution in [1.82, 2.24) is 15.7 Å². The normalized spacial score (nSPS) is 19.7. The van der Waals surface area contributed by atoms with Crippen LogP contribution in [0.25, 0.3) is 11.1 Å². The fraction of sp³-hybridized carbons (Fsp3) is 0.348. The quantitative estimate of drug-likeness (QED) is 0.661. The number of nitrogens with one attached hydrogen (secondary N) is 2. The van der Waals surface area contributed by atoms with Crippen molar-refractivity contribution >= 4 is 18.0 Å².